The van der Waals surface area contributed by atoms with Crippen LogP contribution < -0.4 is 21.7 Å². The number of amides is 3. The third-order valence-electron chi connectivity index (χ3n) is 6.64. The molecule has 10 heteroatoms. The van der Waals surface area contributed by atoms with Crippen LogP contribution in [0.3, 0.4) is 0 Å². The molecule has 0 radical (unpaired) electrons. The van der Waals surface area contributed by atoms with Crippen LogP contribution in [0.2, 0.25) is 0 Å². The summed E-state index contributed by atoms with van der Waals surface area (Å²) in [5.74, 6) is -1.45. The number of nitrogens with two attached hydrogens (primary N) is 2. The van der Waals surface area contributed by atoms with E-state index in [0.717, 1.165) is 35.5 Å². The van der Waals surface area contributed by atoms with Crippen molar-refractivity contribution >= 4 is 40.6 Å². The van der Waals surface area contributed by atoms with Crippen molar-refractivity contribution in [1.82, 2.24) is 9.69 Å². The summed E-state index contributed by atoms with van der Waals surface area (Å²) in [6, 6.07) is 13.9. The number of benzene rings is 2. The Bertz CT molecular complexity index is 1300. The molecule has 38 heavy (non-hydrogen) atoms. The molecule has 4 rings (SSSR count). The smallest absolute Gasteiger partial charge is 0.273 e. The predicted octanol–water partition coefficient (Wildman–Crippen LogP) is 3.94. The van der Waals surface area contributed by atoms with Gasteiger partial charge < -0.3 is 21.5 Å². The highest BCUT2D eigenvalue weighted by Crippen LogP contribution is 2.34. The Morgan fingerprint density at radius 3 is 2.32 bits per heavy atom. The molecule has 1 aliphatic rings. The van der Waals surface area contributed by atoms with Crippen LogP contribution in [0.1, 0.15) is 75.5 Å². The molecule has 0 spiro atoms. The number of nitrogens with zero attached hydrogens (tertiary/aromatic N) is 2. The Morgan fingerprint density at radius 1 is 1.11 bits per heavy atom. The van der Waals surface area contributed by atoms with Crippen molar-refractivity contribution in [2.45, 2.75) is 51.7 Å². The first-order valence-electron chi connectivity index (χ1n) is 12.6. The van der Waals surface area contributed by atoms with E-state index in [1.807, 2.05) is 55.5 Å². The van der Waals surface area contributed by atoms with Crippen molar-refractivity contribution in [2.75, 3.05) is 23.8 Å². The van der Waals surface area contributed by atoms with E-state index >= 15 is 0 Å². The van der Waals surface area contributed by atoms with Gasteiger partial charge in [-0.05, 0) is 60.5 Å². The average Bonchev–Trinajstić information content (AvgIpc) is 3.56. The van der Waals surface area contributed by atoms with Crippen LogP contribution in [0.25, 0.3) is 0 Å². The average molecular weight is 536 g/mol. The van der Waals surface area contributed by atoms with Gasteiger partial charge in [0.2, 0.25) is 5.91 Å². The molecule has 3 amide bonds. The standard InChI is InChI=1S/C28H33N5O4S/c1-16(2)18-10-12-20(13-11-18)33(28(36)25-22(29)23(26(30)34)32-38-25)24(19-8-6-17(3)7-9-19)27(35)31-15-21-5-4-14-37-21/h6-13,16,21,24H,4-5,14-15,29H2,1-3H3,(H2,30,34)(H,31,35). The third kappa shape index (κ3) is 5.87. The summed E-state index contributed by atoms with van der Waals surface area (Å²) in [6.07, 6.45) is 1.74. The van der Waals surface area contributed by atoms with E-state index in [9.17, 15) is 14.4 Å². The number of ether oxygens (including phenoxy) is 1. The largest absolute Gasteiger partial charge is 0.395 e. The summed E-state index contributed by atoms with van der Waals surface area (Å²) < 4.78 is 9.69. The van der Waals surface area contributed by atoms with E-state index in [1.165, 1.54) is 4.90 Å². The number of aryl methyl sites for hydroxylation is 1. The molecule has 2 atom stereocenters. The van der Waals surface area contributed by atoms with E-state index in [2.05, 4.69) is 23.5 Å². The van der Waals surface area contributed by atoms with Gasteiger partial charge in [-0.15, -0.1) is 0 Å². The molecule has 1 fully saturated rings. The number of primary amides is 1. The quantitative estimate of drug-likeness (QED) is 0.379. The molecular weight excluding hydrogens is 502 g/mol. The van der Waals surface area contributed by atoms with Gasteiger partial charge in [0.25, 0.3) is 11.8 Å². The van der Waals surface area contributed by atoms with Crippen LogP contribution >= 0.6 is 11.5 Å². The SMILES string of the molecule is Cc1ccc(C(C(=O)NCC2CCCO2)N(C(=O)c2snc(C(N)=O)c2N)c2ccc(C(C)C)cc2)cc1. The summed E-state index contributed by atoms with van der Waals surface area (Å²) in [5, 5.41) is 2.99. The maximum absolute atomic E-state index is 14.1. The van der Waals surface area contributed by atoms with Gasteiger partial charge in [0.05, 0.1) is 11.8 Å². The van der Waals surface area contributed by atoms with Crippen LogP contribution in [0.15, 0.2) is 48.5 Å². The summed E-state index contributed by atoms with van der Waals surface area (Å²) in [4.78, 5) is 41.2. The number of nitrogen functional groups attached to an aromatic ring is 1. The van der Waals surface area contributed by atoms with Crippen LogP contribution in [0, 0.1) is 6.92 Å². The fourth-order valence-electron chi connectivity index (χ4n) is 4.42. The Morgan fingerprint density at radius 2 is 1.76 bits per heavy atom. The monoisotopic (exact) mass is 535 g/mol. The zero-order valence-corrected chi connectivity index (χ0v) is 22.6. The van der Waals surface area contributed by atoms with Gasteiger partial charge in [0.1, 0.15) is 10.9 Å². The zero-order chi connectivity index (χ0) is 27.4. The molecule has 5 N–H and O–H groups in total. The van der Waals surface area contributed by atoms with E-state index in [1.54, 1.807) is 0 Å². The fraction of sp³-hybridized carbons (Fsp3) is 0.357. The molecule has 2 unspecified atom stereocenters. The van der Waals surface area contributed by atoms with Gasteiger partial charge in [-0.1, -0.05) is 55.8 Å². The minimum Gasteiger partial charge on any atom is -0.395 e. The second-order valence-electron chi connectivity index (χ2n) is 9.75. The first kappa shape index (κ1) is 27.3. The number of carbonyl (C=O) groups excluding carboxylic acids is 3. The number of hydrogen-bond acceptors (Lipinski definition) is 7. The highest BCUT2D eigenvalue weighted by Gasteiger charge is 2.36. The molecule has 1 aromatic heterocycles. The Hall–Kier alpha value is -3.76. The molecular formula is C28H33N5O4S. The third-order valence-corrected chi connectivity index (χ3v) is 7.49. The second kappa shape index (κ2) is 11.7. The summed E-state index contributed by atoms with van der Waals surface area (Å²) in [7, 11) is 0. The van der Waals surface area contributed by atoms with Crippen molar-refractivity contribution in [3.8, 4) is 0 Å². The maximum atomic E-state index is 14.1. The number of hydrogen-bond donors (Lipinski definition) is 3. The van der Waals surface area contributed by atoms with Crippen molar-refractivity contribution in [2.24, 2.45) is 5.73 Å². The molecule has 200 valence electrons. The highest BCUT2D eigenvalue weighted by molar-refractivity contribution is 7.09. The topological polar surface area (TPSA) is 141 Å². The van der Waals surface area contributed by atoms with Crippen molar-refractivity contribution < 1.29 is 19.1 Å². The van der Waals surface area contributed by atoms with Crippen LogP contribution in [0.5, 0.6) is 0 Å². The molecule has 2 heterocycles. The van der Waals surface area contributed by atoms with Crippen LogP contribution in [0.4, 0.5) is 11.4 Å². The van der Waals surface area contributed by atoms with E-state index in [-0.39, 0.29) is 34.2 Å². The fourth-order valence-corrected chi connectivity index (χ4v) is 5.17. The molecule has 1 saturated heterocycles. The minimum absolute atomic E-state index is 0.0378. The first-order chi connectivity index (χ1) is 18.2. The van der Waals surface area contributed by atoms with Gasteiger partial charge in [-0.25, -0.2) is 0 Å². The maximum Gasteiger partial charge on any atom is 0.273 e. The number of carbonyl (C=O) groups is 3. The minimum atomic E-state index is -1.02. The van der Waals surface area contributed by atoms with Crippen molar-refractivity contribution in [3.05, 3.63) is 75.8 Å². The summed E-state index contributed by atoms with van der Waals surface area (Å²) in [6.45, 7) is 7.11. The molecule has 0 aliphatic carbocycles. The van der Waals surface area contributed by atoms with Crippen molar-refractivity contribution in [3.63, 3.8) is 0 Å². The van der Waals surface area contributed by atoms with Gasteiger partial charge in [-0.3, -0.25) is 19.3 Å². The lowest BCUT2D eigenvalue weighted by atomic mass is 9.99. The Balaban J connectivity index is 1.81. The van der Waals surface area contributed by atoms with Crippen molar-refractivity contribution in [1.29, 1.82) is 0 Å². The number of aromatic nitrogens is 1. The second-order valence-corrected chi connectivity index (χ2v) is 10.5. The molecule has 3 aromatic rings. The van der Waals surface area contributed by atoms with Gasteiger partial charge >= 0.3 is 0 Å². The zero-order valence-electron chi connectivity index (χ0n) is 21.8. The van der Waals surface area contributed by atoms with Crippen LogP contribution in [-0.4, -0.2) is 41.4 Å². The molecule has 1 aliphatic heterocycles. The number of nitrogens with one attached hydrogen (secondary N) is 1. The Labute approximate surface area is 226 Å². The molecule has 2 aromatic carbocycles. The van der Waals surface area contributed by atoms with Gasteiger partial charge in [-0.2, -0.15) is 4.37 Å². The van der Waals surface area contributed by atoms with E-state index in [0.29, 0.717) is 24.4 Å². The lowest BCUT2D eigenvalue weighted by molar-refractivity contribution is -0.123. The highest BCUT2D eigenvalue weighted by atomic mass is 32.1. The molecule has 9 nitrogen and oxygen atoms in total. The van der Waals surface area contributed by atoms with Crippen LogP contribution in [-0.2, 0) is 9.53 Å². The summed E-state index contributed by atoms with van der Waals surface area (Å²) >= 11 is 0.785. The van der Waals surface area contributed by atoms with Gasteiger partial charge in [0.15, 0.2) is 5.69 Å². The normalized spacial score (nSPS) is 15.8. The number of anilines is 2. The van der Waals surface area contributed by atoms with E-state index < -0.39 is 17.9 Å². The first-order valence-corrected chi connectivity index (χ1v) is 13.4. The predicted molar refractivity (Wildman–Crippen MR) is 148 cm³/mol. The van der Waals surface area contributed by atoms with E-state index in [4.69, 9.17) is 16.2 Å². The summed E-state index contributed by atoms with van der Waals surface area (Å²) in [5.41, 5.74) is 14.5. The lowest BCUT2D eigenvalue weighted by Gasteiger charge is -2.32. The molecule has 0 bridgehead atoms. The molecule has 0 saturated carbocycles. The van der Waals surface area contributed by atoms with Gasteiger partial charge in [0, 0.05) is 18.8 Å². The lowest BCUT2D eigenvalue weighted by Crippen LogP contribution is -2.45. The number of rotatable bonds is 9. The Kier molecular flexibility index (Phi) is 8.43.